The van der Waals surface area contributed by atoms with Gasteiger partial charge in [-0.25, -0.2) is 4.79 Å². The topological polar surface area (TPSA) is 73.0 Å². The second-order valence-corrected chi connectivity index (χ2v) is 11.1. The van der Waals surface area contributed by atoms with Crippen LogP contribution in [0, 0.1) is 5.92 Å². The molecule has 0 aliphatic carbocycles. The van der Waals surface area contributed by atoms with E-state index in [4.69, 9.17) is 0 Å². The molecule has 2 heterocycles. The number of piperazine rings is 1. The standard InChI is InChI=1S/C30H33BrN4O3/c1-3-20(2)28-29(37)33(18-23-9-6-8-22-7-4-5-10-25(22)23)19-26-34(16-15-27(36)35(26)28)30(38)32-17-21-11-13-24(31)14-12-21/h4-14,20,26,28H,3,15-19H2,1-2H3,(H,32,38)/t20-,26+,28-/m0/s1. The molecule has 0 saturated carbocycles. The Balaban J connectivity index is 1.42. The molecule has 3 aromatic carbocycles. The lowest BCUT2D eigenvalue weighted by molar-refractivity contribution is -0.170. The van der Waals surface area contributed by atoms with Crippen LogP contribution in [0.25, 0.3) is 10.8 Å². The SMILES string of the molecule is CC[C@H](C)[C@H]1C(=O)N(Cc2cccc3ccccc23)C[C@@H]2N(C(=O)NCc3ccc(Br)cc3)CCC(=O)N12. The number of rotatable bonds is 6. The fourth-order valence-electron chi connectivity index (χ4n) is 5.57. The summed E-state index contributed by atoms with van der Waals surface area (Å²) in [7, 11) is 0. The molecule has 0 unspecified atom stereocenters. The Kier molecular flexibility index (Phi) is 7.70. The van der Waals surface area contributed by atoms with E-state index in [-0.39, 0.29) is 36.7 Å². The van der Waals surface area contributed by atoms with Crippen molar-refractivity contribution < 1.29 is 14.4 Å². The monoisotopic (exact) mass is 576 g/mol. The Morgan fingerprint density at radius 3 is 2.55 bits per heavy atom. The van der Waals surface area contributed by atoms with E-state index in [0.717, 1.165) is 32.8 Å². The Labute approximate surface area is 231 Å². The van der Waals surface area contributed by atoms with Crippen molar-refractivity contribution in [3.63, 3.8) is 0 Å². The molecule has 0 radical (unpaired) electrons. The fraction of sp³-hybridized carbons (Fsp3) is 0.367. The zero-order valence-corrected chi connectivity index (χ0v) is 23.4. The van der Waals surface area contributed by atoms with Gasteiger partial charge in [0.25, 0.3) is 0 Å². The Morgan fingerprint density at radius 1 is 1.05 bits per heavy atom. The van der Waals surface area contributed by atoms with Crippen LogP contribution in [-0.2, 0) is 22.7 Å². The minimum absolute atomic E-state index is 0.0324. The molecule has 0 aromatic heterocycles. The minimum atomic E-state index is -0.594. The van der Waals surface area contributed by atoms with Crippen LogP contribution < -0.4 is 5.32 Å². The predicted octanol–water partition coefficient (Wildman–Crippen LogP) is 5.13. The average molecular weight is 578 g/mol. The van der Waals surface area contributed by atoms with E-state index in [1.807, 2.05) is 61.2 Å². The second-order valence-electron chi connectivity index (χ2n) is 10.2. The van der Waals surface area contributed by atoms with Gasteiger partial charge in [-0.1, -0.05) is 90.8 Å². The quantitative estimate of drug-likeness (QED) is 0.442. The van der Waals surface area contributed by atoms with Gasteiger partial charge in [-0.2, -0.15) is 0 Å². The first kappa shape index (κ1) is 26.2. The van der Waals surface area contributed by atoms with Crippen LogP contribution in [0.4, 0.5) is 4.79 Å². The highest BCUT2D eigenvalue weighted by Gasteiger charge is 2.50. The number of benzene rings is 3. The van der Waals surface area contributed by atoms with Gasteiger partial charge in [0, 0.05) is 30.5 Å². The largest absolute Gasteiger partial charge is 0.334 e. The fourth-order valence-corrected chi connectivity index (χ4v) is 5.83. The molecule has 38 heavy (non-hydrogen) atoms. The van der Waals surface area contributed by atoms with E-state index in [2.05, 4.69) is 45.5 Å². The second kappa shape index (κ2) is 11.2. The number of urea groups is 1. The lowest BCUT2D eigenvalue weighted by atomic mass is 9.91. The van der Waals surface area contributed by atoms with Gasteiger partial charge in [0.1, 0.15) is 12.2 Å². The van der Waals surface area contributed by atoms with Crippen LogP contribution in [0.1, 0.15) is 37.8 Å². The third-order valence-corrected chi connectivity index (χ3v) is 8.35. The number of hydrogen-bond donors (Lipinski definition) is 1. The molecule has 2 fully saturated rings. The smallest absolute Gasteiger partial charge is 0.319 e. The third-order valence-electron chi connectivity index (χ3n) is 7.83. The van der Waals surface area contributed by atoms with E-state index in [0.29, 0.717) is 19.6 Å². The Hall–Kier alpha value is -3.39. The number of amides is 4. The molecule has 4 amide bonds. The van der Waals surface area contributed by atoms with Crippen molar-refractivity contribution in [2.24, 2.45) is 5.92 Å². The molecular formula is C30H33BrN4O3. The van der Waals surface area contributed by atoms with Crippen LogP contribution in [0.3, 0.4) is 0 Å². The number of carbonyl (C=O) groups is 3. The molecule has 8 heteroatoms. The lowest BCUT2D eigenvalue weighted by Gasteiger charge is -2.53. The summed E-state index contributed by atoms with van der Waals surface area (Å²) in [6, 6.07) is 21.3. The summed E-state index contributed by atoms with van der Waals surface area (Å²) < 4.78 is 0.979. The molecule has 3 atom stereocenters. The van der Waals surface area contributed by atoms with Crippen LogP contribution in [-0.4, -0.2) is 57.8 Å². The number of nitrogens with zero attached hydrogens (tertiary/aromatic N) is 3. The van der Waals surface area contributed by atoms with Gasteiger partial charge >= 0.3 is 6.03 Å². The maximum absolute atomic E-state index is 13.9. The molecule has 198 valence electrons. The molecular weight excluding hydrogens is 544 g/mol. The van der Waals surface area contributed by atoms with Gasteiger partial charge in [-0.05, 0) is 39.9 Å². The summed E-state index contributed by atoms with van der Waals surface area (Å²) in [5.74, 6) is -0.139. The van der Waals surface area contributed by atoms with E-state index < -0.39 is 12.2 Å². The van der Waals surface area contributed by atoms with Crippen molar-refractivity contribution >= 4 is 44.5 Å². The lowest BCUT2D eigenvalue weighted by Crippen LogP contribution is -2.72. The first-order valence-electron chi connectivity index (χ1n) is 13.2. The number of fused-ring (bicyclic) bond motifs is 2. The summed E-state index contributed by atoms with van der Waals surface area (Å²) in [6.45, 7) is 5.48. The van der Waals surface area contributed by atoms with Gasteiger partial charge in [0.15, 0.2) is 0 Å². The first-order valence-corrected chi connectivity index (χ1v) is 14.0. The molecule has 0 bridgehead atoms. The summed E-state index contributed by atoms with van der Waals surface area (Å²) in [5.41, 5.74) is 2.04. The average Bonchev–Trinajstić information content (AvgIpc) is 2.93. The molecule has 0 spiro atoms. The summed E-state index contributed by atoms with van der Waals surface area (Å²) in [5, 5.41) is 5.25. The molecule has 1 N–H and O–H groups in total. The predicted molar refractivity (Wildman–Crippen MR) is 151 cm³/mol. The summed E-state index contributed by atoms with van der Waals surface area (Å²) >= 11 is 3.44. The van der Waals surface area contributed by atoms with Crippen molar-refractivity contribution in [1.29, 1.82) is 0 Å². The van der Waals surface area contributed by atoms with Crippen LogP contribution in [0.2, 0.25) is 0 Å². The number of carbonyl (C=O) groups excluding carboxylic acids is 3. The van der Waals surface area contributed by atoms with E-state index in [1.165, 1.54) is 0 Å². The molecule has 2 aliphatic heterocycles. The zero-order valence-electron chi connectivity index (χ0n) is 21.8. The molecule has 3 aromatic rings. The molecule has 7 nitrogen and oxygen atoms in total. The number of hydrogen-bond acceptors (Lipinski definition) is 3. The Morgan fingerprint density at radius 2 is 1.79 bits per heavy atom. The van der Waals surface area contributed by atoms with Crippen LogP contribution in [0.5, 0.6) is 0 Å². The van der Waals surface area contributed by atoms with Crippen LogP contribution in [0.15, 0.2) is 71.2 Å². The molecule has 2 saturated heterocycles. The van der Waals surface area contributed by atoms with Gasteiger partial charge in [-0.15, -0.1) is 0 Å². The number of halogens is 1. The van der Waals surface area contributed by atoms with Crippen molar-refractivity contribution in [1.82, 2.24) is 20.0 Å². The maximum atomic E-state index is 13.9. The maximum Gasteiger partial charge on any atom is 0.319 e. The minimum Gasteiger partial charge on any atom is -0.334 e. The van der Waals surface area contributed by atoms with Gasteiger partial charge in [0.05, 0.1) is 6.54 Å². The number of nitrogens with one attached hydrogen (secondary N) is 1. The highest BCUT2D eigenvalue weighted by Crippen LogP contribution is 2.32. The van der Waals surface area contributed by atoms with Gasteiger partial charge in [0.2, 0.25) is 11.8 Å². The van der Waals surface area contributed by atoms with Crippen molar-refractivity contribution in [2.75, 3.05) is 13.1 Å². The van der Waals surface area contributed by atoms with Crippen molar-refractivity contribution in [2.45, 2.75) is 52.0 Å². The first-order chi connectivity index (χ1) is 18.4. The highest BCUT2D eigenvalue weighted by molar-refractivity contribution is 9.10. The molecule has 5 rings (SSSR count). The van der Waals surface area contributed by atoms with E-state index in [1.54, 1.807) is 9.80 Å². The van der Waals surface area contributed by atoms with E-state index in [9.17, 15) is 14.4 Å². The van der Waals surface area contributed by atoms with Gasteiger partial charge in [-0.3, -0.25) is 9.59 Å². The van der Waals surface area contributed by atoms with E-state index >= 15 is 0 Å². The normalized spacial score (nSPS) is 20.4. The summed E-state index contributed by atoms with van der Waals surface area (Å²) in [4.78, 5) is 45.8. The third kappa shape index (κ3) is 5.14. The highest BCUT2D eigenvalue weighted by atomic mass is 79.9. The van der Waals surface area contributed by atoms with Gasteiger partial charge < -0.3 is 20.0 Å². The molecule has 2 aliphatic rings. The van der Waals surface area contributed by atoms with Crippen LogP contribution >= 0.6 is 15.9 Å². The van der Waals surface area contributed by atoms with Crippen molar-refractivity contribution in [3.05, 3.63) is 82.3 Å². The van der Waals surface area contributed by atoms with Crippen molar-refractivity contribution in [3.8, 4) is 0 Å². The summed E-state index contributed by atoms with van der Waals surface area (Å²) in [6.07, 6.45) is 0.462. The zero-order chi connectivity index (χ0) is 26.8. The Bertz CT molecular complexity index is 1340.